The maximum absolute atomic E-state index is 12.9. The van der Waals surface area contributed by atoms with Crippen molar-refractivity contribution in [1.82, 2.24) is 4.57 Å². The number of halogens is 1. The molecule has 0 spiro atoms. The van der Waals surface area contributed by atoms with Crippen LogP contribution in [0.4, 0.5) is 0 Å². The number of aromatic nitrogens is 1. The van der Waals surface area contributed by atoms with Gasteiger partial charge in [0, 0.05) is 11.6 Å². The van der Waals surface area contributed by atoms with Gasteiger partial charge in [-0.05, 0) is 38.0 Å². The summed E-state index contributed by atoms with van der Waals surface area (Å²) in [5, 5.41) is 20.1. The highest BCUT2D eigenvalue weighted by molar-refractivity contribution is 6.35. The molecule has 0 saturated carbocycles. The summed E-state index contributed by atoms with van der Waals surface area (Å²) < 4.78 is 1.09. The van der Waals surface area contributed by atoms with Crippen LogP contribution in [0, 0.1) is 18.3 Å². The van der Waals surface area contributed by atoms with E-state index >= 15 is 0 Å². The Labute approximate surface area is 144 Å². The Morgan fingerprint density at radius 1 is 1.42 bits per heavy atom. The number of carbonyl (C=O) groups is 1. The van der Waals surface area contributed by atoms with Crippen LogP contribution in [0.5, 0.6) is 5.88 Å². The predicted octanol–water partition coefficient (Wildman–Crippen LogP) is 3.59. The molecule has 0 radical (unpaired) electrons. The second-order valence-electron chi connectivity index (χ2n) is 5.55. The van der Waals surface area contributed by atoms with Gasteiger partial charge in [-0.2, -0.15) is 5.26 Å². The average Bonchev–Trinajstić information content (AvgIpc) is 2.55. The number of nitriles is 1. The normalized spacial score (nSPS) is 11.8. The third-order valence-corrected chi connectivity index (χ3v) is 4.45. The molecule has 1 unspecified atom stereocenters. The highest BCUT2D eigenvalue weighted by atomic mass is 35.5. The number of hydrogen-bond acceptors (Lipinski definition) is 4. The lowest BCUT2D eigenvalue weighted by Gasteiger charge is -2.19. The molecule has 124 valence electrons. The van der Waals surface area contributed by atoms with Gasteiger partial charge < -0.3 is 5.11 Å². The molecule has 0 aliphatic rings. The molecule has 2 rings (SSSR count). The van der Waals surface area contributed by atoms with Gasteiger partial charge in [-0.1, -0.05) is 30.7 Å². The Hall–Kier alpha value is -2.58. The minimum absolute atomic E-state index is 0.0699. The summed E-state index contributed by atoms with van der Waals surface area (Å²) >= 11 is 6.07. The van der Waals surface area contributed by atoms with Crippen LogP contribution in [0.1, 0.15) is 53.4 Å². The topological polar surface area (TPSA) is 83.1 Å². The fraction of sp³-hybridized carbons (Fsp3) is 0.278. The van der Waals surface area contributed by atoms with Crippen LogP contribution in [0.2, 0.25) is 5.02 Å². The highest BCUT2D eigenvalue weighted by Crippen LogP contribution is 2.29. The van der Waals surface area contributed by atoms with Gasteiger partial charge in [-0.15, -0.1) is 0 Å². The Morgan fingerprint density at radius 2 is 2.04 bits per heavy atom. The second kappa shape index (κ2) is 6.90. The van der Waals surface area contributed by atoms with E-state index in [-0.39, 0.29) is 33.3 Å². The molecular weight excluding hydrogens is 328 g/mol. The van der Waals surface area contributed by atoms with Gasteiger partial charge >= 0.3 is 0 Å². The van der Waals surface area contributed by atoms with Crippen molar-refractivity contribution in [2.45, 2.75) is 33.2 Å². The summed E-state index contributed by atoms with van der Waals surface area (Å²) in [5.74, 6) is -0.958. The van der Waals surface area contributed by atoms with Gasteiger partial charge in [0.25, 0.3) is 5.56 Å². The molecule has 24 heavy (non-hydrogen) atoms. The largest absolute Gasteiger partial charge is 0.494 e. The van der Waals surface area contributed by atoms with Crippen molar-refractivity contribution in [3.05, 3.63) is 61.9 Å². The molecule has 1 aromatic carbocycles. The van der Waals surface area contributed by atoms with E-state index in [9.17, 15) is 20.0 Å². The van der Waals surface area contributed by atoms with Crippen molar-refractivity contribution < 1.29 is 9.90 Å². The molecule has 0 aliphatic heterocycles. The zero-order chi connectivity index (χ0) is 18.0. The molecule has 0 aliphatic carbocycles. The average molecular weight is 345 g/mol. The lowest BCUT2D eigenvalue weighted by Crippen LogP contribution is -2.28. The van der Waals surface area contributed by atoms with Crippen LogP contribution in [-0.2, 0) is 0 Å². The molecule has 1 aromatic heterocycles. The van der Waals surface area contributed by atoms with Crippen molar-refractivity contribution in [1.29, 1.82) is 5.26 Å². The minimum Gasteiger partial charge on any atom is -0.494 e. The SMILES string of the molecule is CCC(C)n1c(O)c(C(=O)c2ccccc2Cl)c(C)c(C#N)c1=O. The fourth-order valence-electron chi connectivity index (χ4n) is 2.57. The summed E-state index contributed by atoms with van der Waals surface area (Å²) in [4.78, 5) is 25.3. The van der Waals surface area contributed by atoms with Crippen molar-refractivity contribution in [3.63, 3.8) is 0 Å². The predicted molar refractivity (Wildman–Crippen MR) is 91.7 cm³/mol. The first-order valence-corrected chi connectivity index (χ1v) is 7.90. The highest BCUT2D eigenvalue weighted by Gasteiger charge is 2.27. The molecule has 1 N–H and O–H groups in total. The standard InChI is InChI=1S/C18H17ClN2O3/c1-4-10(2)21-17(23)13(9-20)11(3)15(18(21)24)16(22)12-7-5-6-8-14(12)19/h5-8,10,24H,4H2,1-3H3. The Kier molecular flexibility index (Phi) is 5.10. The van der Waals surface area contributed by atoms with Crippen LogP contribution < -0.4 is 5.56 Å². The molecule has 1 heterocycles. The Balaban J connectivity index is 2.85. The van der Waals surface area contributed by atoms with Crippen LogP contribution in [0.25, 0.3) is 0 Å². The molecule has 0 fully saturated rings. The van der Waals surface area contributed by atoms with Gasteiger partial charge in [-0.25, -0.2) is 0 Å². The number of pyridine rings is 1. The van der Waals surface area contributed by atoms with Gasteiger partial charge in [0.2, 0.25) is 5.88 Å². The number of aromatic hydroxyl groups is 1. The molecule has 2 aromatic rings. The van der Waals surface area contributed by atoms with Crippen molar-refractivity contribution in [2.24, 2.45) is 0 Å². The summed E-state index contributed by atoms with van der Waals surface area (Å²) in [7, 11) is 0. The fourth-order valence-corrected chi connectivity index (χ4v) is 2.79. The molecular formula is C18H17ClN2O3. The second-order valence-corrected chi connectivity index (χ2v) is 5.96. The molecule has 1 atom stereocenters. The van der Waals surface area contributed by atoms with Gasteiger partial charge in [0.1, 0.15) is 11.6 Å². The number of carbonyl (C=O) groups excluding carboxylic acids is 1. The Bertz CT molecular complexity index is 910. The van der Waals surface area contributed by atoms with E-state index in [1.54, 1.807) is 25.1 Å². The maximum atomic E-state index is 12.9. The lowest BCUT2D eigenvalue weighted by atomic mass is 9.96. The van der Waals surface area contributed by atoms with E-state index in [1.807, 2.05) is 13.0 Å². The smallest absolute Gasteiger partial charge is 0.271 e. The van der Waals surface area contributed by atoms with Crippen molar-refractivity contribution >= 4 is 17.4 Å². The monoisotopic (exact) mass is 344 g/mol. The summed E-state index contributed by atoms with van der Waals surface area (Å²) in [6, 6.07) is 7.93. The van der Waals surface area contributed by atoms with Gasteiger partial charge in [0.15, 0.2) is 5.78 Å². The summed E-state index contributed by atoms with van der Waals surface area (Å²) in [6.07, 6.45) is 0.557. The van der Waals surface area contributed by atoms with Gasteiger partial charge in [0.05, 0.1) is 10.6 Å². The molecule has 0 saturated heterocycles. The zero-order valence-corrected chi connectivity index (χ0v) is 14.4. The van der Waals surface area contributed by atoms with E-state index in [1.165, 1.54) is 13.0 Å². The van der Waals surface area contributed by atoms with E-state index in [2.05, 4.69) is 0 Å². The summed E-state index contributed by atoms with van der Waals surface area (Å²) in [6.45, 7) is 5.06. The number of benzene rings is 1. The third kappa shape index (κ3) is 2.81. The molecule has 0 bridgehead atoms. The third-order valence-electron chi connectivity index (χ3n) is 4.12. The van der Waals surface area contributed by atoms with Crippen LogP contribution in [0.15, 0.2) is 29.1 Å². The molecule has 0 amide bonds. The van der Waals surface area contributed by atoms with Gasteiger partial charge in [-0.3, -0.25) is 14.2 Å². The number of nitrogens with zero attached hydrogens (tertiary/aromatic N) is 2. The van der Waals surface area contributed by atoms with Crippen LogP contribution in [0.3, 0.4) is 0 Å². The first kappa shape index (κ1) is 17.8. The quantitative estimate of drug-likeness (QED) is 0.859. The summed E-state index contributed by atoms with van der Waals surface area (Å²) in [5.41, 5.74) is -0.458. The number of hydrogen-bond donors (Lipinski definition) is 1. The first-order chi connectivity index (χ1) is 11.3. The maximum Gasteiger partial charge on any atom is 0.271 e. The van der Waals surface area contributed by atoms with E-state index in [0.29, 0.717) is 6.42 Å². The number of rotatable bonds is 4. The first-order valence-electron chi connectivity index (χ1n) is 7.52. The van der Waals surface area contributed by atoms with E-state index < -0.39 is 17.2 Å². The molecule has 5 nitrogen and oxygen atoms in total. The lowest BCUT2D eigenvalue weighted by molar-refractivity contribution is 0.103. The minimum atomic E-state index is -0.599. The Morgan fingerprint density at radius 3 is 2.58 bits per heavy atom. The number of ketones is 1. The van der Waals surface area contributed by atoms with Crippen molar-refractivity contribution in [2.75, 3.05) is 0 Å². The van der Waals surface area contributed by atoms with Crippen LogP contribution >= 0.6 is 11.6 Å². The zero-order valence-electron chi connectivity index (χ0n) is 13.6. The van der Waals surface area contributed by atoms with E-state index in [4.69, 9.17) is 11.6 Å². The molecule has 6 heteroatoms. The van der Waals surface area contributed by atoms with E-state index in [0.717, 1.165) is 4.57 Å². The van der Waals surface area contributed by atoms with Crippen LogP contribution in [-0.4, -0.2) is 15.5 Å². The van der Waals surface area contributed by atoms with Crippen molar-refractivity contribution in [3.8, 4) is 11.9 Å².